The molecule has 0 amide bonds. The van der Waals surface area contributed by atoms with Gasteiger partial charge in [-0.3, -0.25) is 4.79 Å². The average Bonchev–Trinajstić information content (AvgIpc) is 2.80. The number of pyridine rings is 1. The highest BCUT2D eigenvalue weighted by molar-refractivity contribution is 6.00. The molecule has 0 aliphatic rings. The summed E-state index contributed by atoms with van der Waals surface area (Å²) in [6, 6.07) is 6.45. The molecule has 6 nitrogen and oxygen atoms in total. The van der Waals surface area contributed by atoms with Gasteiger partial charge < -0.3 is 14.5 Å². The van der Waals surface area contributed by atoms with Crippen LogP contribution in [0.1, 0.15) is 52.1 Å². The van der Waals surface area contributed by atoms with Crippen molar-refractivity contribution in [3.8, 4) is 0 Å². The monoisotopic (exact) mass is 316 g/mol. The number of ether oxygens (including phenoxy) is 1. The summed E-state index contributed by atoms with van der Waals surface area (Å²) in [6.07, 6.45) is 1.20. The van der Waals surface area contributed by atoms with E-state index in [1.165, 1.54) is 18.3 Å². The number of ketones is 1. The van der Waals surface area contributed by atoms with Gasteiger partial charge in [-0.2, -0.15) is 4.73 Å². The van der Waals surface area contributed by atoms with Crippen molar-refractivity contribution in [2.24, 2.45) is 0 Å². The minimum atomic E-state index is -0.813. The smallest absolute Gasteiger partial charge is 0.405 e. The Hall–Kier alpha value is -2.63. The zero-order valence-electron chi connectivity index (χ0n) is 13.7. The van der Waals surface area contributed by atoms with E-state index in [4.69, 9.17) is 4.74 Å². The third kappa shape index (κ3) is 3.41. The second kappa shape index (κ2) is 6.64. The summed E-state index contributed by atoms with van der Waals surface area (Å²) in [4.78, 5) is 24.2. The van der Waals surface area contributed by atoms with Crippen LogP contribution in [0.5, 0.6) is 0 Å². The Morgan fingerprint density at radius 2 is 2.00 bits per heavy atom. The van der Waals surface area contributed by atoms with Crippen LogP contribution in [-0.4, -0.2) is 22.9 Å². The van der Waals surface area contributed by atoms with Crippen LogP contribution < -0.4 is 4.73 Å². The molecular formula is C17H20N2O4. The summed E-state index contributed by atoms with van der Waals surface area (Å²) < 4.78 is 7.44. The van der Waals surface area contributed by atoms with Crippen LogP contribution >= 0.6 is 0 Å². The number of carbonyl (C=O) groups is 2. The molecule has 2 rings (SSSR count). The Morgan fingerprint density at radius 1 is 1.30 bits per heavy atom. The van der Waals surface area contributed by atoms with Crippen LogP contribution in [-0.2, 0) is 4.74 Å². The molecular weight excluding hydrogens is 296 g/mol. The third-order valence-electron chi connectivity index (χ3n) is 3.67. The van der Waals surface area contributed by atoms with Crippen molar-refractivity contribution < 1.29 is 19.1 Å². The molecule has 0 N–H and O–H groups in total. The zero-order chi connectivity index (χ0) is 17.1. The number of hydrogen-bond acceptors (Lipinski definition) is 4. The maximum Gasteiger partial charge on any atom is 0.405 e. The van der Waals surface area contributed by atoms with E-state index in [-0.39, 0.29) is 17.5 Å². The predicted octanol–water partition coefficient (Wildman–Crippen LogP) is 2.36. The molecule has 0 unspecified atom stereocenters. The van der Waals surface area contributed by atoms with E-state index in [1.807, 2.05) is 27.7 Å². The lowest BCUT2D eigenvalue weighted by atomic mass is 10.1. The molecule has 0 radical (unpaired) electrons. The lowest BCUT2D eigenvalue weighted by Crippen LogP contribution is -2.35. The summed E-state index contributed by atoms with van der Waals surface area (Å²) in [5.41, 5.74) is 2.21. The maximum atomic E-state index is 12.3. The van der Waals surface area contributed by atoms with Crippen molar-refractivity contribution in [1.29, 1.82) is 0 Å². The van der Waals surface area contributed by atoms with Gasteiger partial charge in [0.05, 0.1) is 0 Å². The predicted molar refractivity (Wildman–Crippen MR) is 84.3 cm³/mol. The number of esters is 1. The third-order valence-corrected chi connectivity index (χ3v) is 3.67. The molecule has 2 aromatic rings. The largest absolute Gasteiger partial charge is 0.618 e. The van der Waals surface area contributed by atoms with Gasteiger partial charge in [-0.15, -0.1) is 0 Å². The molecule has 6 heteroatoms. The van der Waals surface area contributed by atoms with Gasteiger partial charge >= 0.3 is 11.7 Å². The lowest BCUT2D eigenvalue weighted by Gasteiger charge is -2.13. The van der Waals surface area contributed by atoms with Crippen LogP contribution in [0.25, 0.3) is 0 Å². The van der Waals surface area contributed by atoms with Crippen molar-refractivity contribution in [3.63, 3.8) is 0 Å². The molecule has 0 aliphatic carbocycles. The van der Waals surface area contributed by atoms with Crippen LogP contribution in [0, 0.1) is 19.1 Å². The topological polar surface area (TPSA) is 75.2 Å². The van der Waals surface area contributed by atoms with Gasteiger partial charge in [0.2, 0.25) is 5.78 Å². The maximum absolute atomic E-state index is 12.3. The van der Waals surface area contributed by atoms with Gasteiger partial charge in [0.1, 0.15) is 0 Å². The number of hydrogen-bond donors (Lipinski definition) is 0. The molecule has 0 saturated carbocycles. The Bertz CT molecular complexity index is 747. The summed E-state index contributed by atoms with van der Waals surface area (Å²) >= 11 is 0. The summed E-state index contributed by atoms with van der Waals surface area (Å²) in [6.45, 7) is 7.48. The first kappa shape index (κ1) is 16.7. The standard InChI is InChI=1S/C17H20N2O4/c1-11(2)19-12(3)9-14(13(19)4)16(20)10-23-17(21)15-7-5-6-8-18(15)22/h5-9,11H,10H2,1-4H3. The fraction of sp³-hybridized carbons (Fsp3) is 0.353. The molecule has 2 aromatic heterocycles. The minimum absolute atomic E-state index is 0.145. The Labute approximate surface area is 134 Å². The van der Waals surface area contributed by atoms with E-state index in [0.717, 1.165) is 11.4 Å². The lowest BCUT2D eigenvalue weighted by molar-refractivity contribution is -0.608. The highest BCUT2D eigenvalue weighted by Crippen LogP contribution is 2.20. The second-order valence-electron chi connectivity index (χ2n) is 5.66. The van der Waals surface area contributed by atoms with E-state index < -0.39 is 12.6 Å². The first-order valence-electron chi connectivity index (χ1n) is 7.40. The van der Waals surface area contributed by atoms with Gasteiger partial charge in [-0.05, 0) is 39.8 Å². The molecule has 2 heterocycles. The normalized spacial score (nSPS) is 10.8. The highest BCUT2D eigenvalue weighted by atomic mass is 16.5. The molecule has 0 saturated heterocycles. The van der Waals surface area contributed by atoms with E-state index >= 15 is 0 Å². The van der Waals surface area contributed by atoms with Crippen LogP contribution in [0.4, 0.5) is 0 Å². The quantitative estimate of drug-likeness (QED) is 0.367. The van der Waals surface area contributed by atoms with Gasteiger partial charge in [0, 0.05) is 35.1 Å². The summed E-state index contributed by atoms with van der Waals surface area (Å²) in [5, 5.41) is 11.5. The number of rotatable bonds is 5. The van der Waals surface area contributed by atoms with Crippen molar-refractivity contribution >= 4 is 11.8 Å². The first-order chi connectivity index (χ1) is 10.8. The van der Waals surface area contributed by atoms with E-state index in [9.17, 15) is 14.8 Å². The van der Waals surface area contributed by atoms with Crippen LogP contribution in [0.15, 0.2) is 30.5 Å². The average molecular weight is 316 g/mol. The fourth-order valence-electron chi connectivity index (χ4n) is 2.72. The number of aromatic nitrogens is 2. The molecule has 0 spiro atoms. The Balaban J connectivity index is 2.10. The molecule has 0 bridgehead atoms. The van der Waals surface area contributed by atoms with Gasteiger partial charge in [0.15, 0.2) is 12.8 Å². The van der Waals surface area contributed by atoms with Gasteiger partial charge in [-0.25, -0.2) is 4.79 Å². The zero-order valence-corrected chi connectivity index (χ0v) is 13.7. The van der Waals surface area contributed by atoms with Gasteiger partial charge in [0.25, 0.3) is 0 Å². The summed E-state index contributed by atoms with van der Waals surface area (Å²) in [7, 11) is 0. The van der Waals surface area contributed by atoms with Crippen molar-refractivity contribution in [2.45, 2.75) is 33.7 Å². The van der Waals surface area contributed by atoms with E-state index in [2.05, 4.69) is 4.57 Å². The Morgan fingerprint density at radius 3 is 2.57 bits per heavy atom. The van der Waals surface area contributed by atoms with E-state index in [1.54, 1.807) is 12.1 Å². The van der Waals surface area contributed by atoms with Gasteiger partial charge in [-0.1, -0.05) is 0 Å². The molecule has 0 atom stereocenters. The van der Waals surface area contributed by atoms with Crippen LogP contribution in [0.2, 0.25) is 0 Å². The SMILES string of the molecule is Cc1cc(C(=O)COC(=O)c2cccc[n+]2[O-])c(C)n1C(C)C. The highest BCUT2D eigenvalue weighted by Gasteiger charge is 2.21. The molecule has 0 aromatic carbocycles. The number of nitrogens with zero attached hydrogens (tertiary/aromatic N) is 2. The molecule has 0 fully saturated rings. The summed E-state index contributed by atoms with van der Waals surface area (Å²) in [5.74, 6) is -1.10. The van der Waals surface area contributed by atoms with Crippen LogP contribution in [0.3, 0.4) is 0 Å². The molecule has 0 aliphatic heterocycles. The van der Waals surface area contributed by atoms with Crippen molar-refractivity contribution in [1.82, 2.24) is 4.57 Å². The van der Waals surface area contributed by atoms with Crippen molar-refractivity contribution in [3.05, 3.63) is 58.3 Å². The second-order valence-corrected chi connectivity index (χ2v) is 5.66. The van der Waals surface area contributed by atoms with Crippen molar-refractivity contribution in [2.75, 3.05) is 6.61 Å². The molecule has 23 heavy (non-hydrogen) atoms. The first-order valence-corrected chi connectivity index (χ1v) is 7.40. The minimum Gasteiger partial charge on any atom is -0.618 e. The number of aryl methyl sites for hydroxylation is 1. The molecule has 122 valence electrons. The Kier molecular flexibility index (Phi) is 4.83. The number of Topliss-reactive ketones (excluding diaryl/α,β-unsaturated/α-hetero) is 1. The fourth-order valence-corrected chi connectivity index (χ4v) is 2.72. The van der Waals surface area contributed by atoms with E-state index in [0.29, 0.717) is 10.3 Å². The number of carbonyl (C=O) groups excluding carboxylic acids is 2.